The molecule has 0 unspecified atom stereocenters. The lowest BCUT2D eigenvalue weighted by Gasteiger charge is -2.24. The summed E-state index contributed by atoms with van der Waals surface area (Å²) in [5.74, 6) is 0.857. The molecule has 0 spiro atoms. The zero-order valence-corrected chi connectivity index (χ0v) is 19.2. The van der Waals surface area contributed by atoms with E-state index in [1.807, 2.05) is 12.4 Å². The van der Waals surface area contributed by atoms with Gasteiger partial charge in [-0.2, -0.15) is 0 Å². The number of rotatable bonds is 8. The highest BCUT2D eigenvalue weighted by Gasteiger charge is 2.06. The van der Waals surface area contributed by atoms with Crippen molar-refractivity contribution >= 4 is 47.0 Å². The zero-order chi connectivity index (χ0) is 18.1. The van der Waals surface area contributed by atoms with E-state index >= 15 is 0 Å². The Kier molecular flexibility index (Phi) is 10.6. The molecule has 0 bridgehead atoms. The van der Waals surface area contributed by atoms with Crippen molar-refractivity contribution in [2.75, 3.05) is 31.1 Å². The summed E-state index contributed by atoms with van der Waals surface area (Å²) >= 11 is 1.66. The largest absolute Gasteiger partial charge is 0.370 e. The first kappa shape index (κ1) is 22.7. The first-order valence-electron chi connectivity index (χ1n) is 8.86. The standard InChI is InChI=1S/C19H29N5S.HI/c1-5-20-19(22-13-18-16(4)23-14-25-18)21-10-11-24(6-2)17-9-7-8-15(3)12-17;/h7-9,12,14H,5-6,10-11,13H2,1-4H3,(H2,20,21,22);1H. The van der Waals surface area contributed by atoms with E-state index in [2.05, 4.69) is 70.5 Å². The van der Waals surface area contributed by atoms with Gasteiger partial charge in [0.25, 0.3) is 0 Å². The fourth-order valence-corrected chi connectivity index (χ4v) is 3.27. The van der Waals surface area contributed by atoms with E-state index in [0.29, 0.717) is 6.54 Å². The lowest BCUT2D eigenvalue weighted by atomic mass is 10.2. The number of aliphatic imine (C=N–C) groups is 1. The summed E-state index contributed by atoms with van der Waals surface area (Å²) in [4.78, 5) is 12.5. The number of nitrogens with one attached hydrogen (secondary N) is 2. The molecule has 1 heterocycles. The molecule has 1 aromatic carbocycles. The molecule has 0 saturated heterocycles. The van der Waals surface area contributed by atoms with Crippen LogP contribution in [0, 0.1) is 13.8 Å². The Morgan fingerprint density at radius 2 is 2.04 bits per heavy atom. The second kappa shape index (κ2) is 12.1. The minimum absolute atomic E-state index is 0. The average molecular weight is 487 g/mol. The summed E-state index contributed by atoms with van der Waals surface area (Å²) in [6, 6.07) is 8.65. The van der Waals surface area contributed by atoms with Crippen molar-refractivity contribution in [1.82, 2.24) is 15.6 Å². The maximum absolute atomic E-state index is 4.67. The third-order valence-corrected chi connectivity index (χ3v) is 4.91. The molecule has 7 heteroatoms. The highest BCUT2D eigenvalue weighted by molar-refractivity contribution is 14.0. The van der Waals surface area contributed by atoms with Crippen molar-refractivity contribution in [1.29, 1.82) is 0 Å². The number of nitrogens with zero attached hydrogens (tertiary/aromatic N) is 3. The van der Waals surface area contributed by atoms with Crippen LogP contribution in [-0.4, -0.2) is 37.1 Å². The summed E-state index contributed by atoms with van der Waals surface area (Å²) in [6.07, 6.45) is 0. The summed E-state index contributed by atoms with van der Waals surface area (Å²) in [5, 5.41) is 6.74. The molecule has 144 valence electrons. The van der Waals surface area contributed by atoms with Gasteiger partial charge in [0.1, 0.15) is 0 Å². The first-order chi connectivity index (χ1) is 12.1. The molecular formula is C19H30IN5S. The van der Waals surface area contributed by atoms with Crippen LogP contribution in [0.1, 0.15) is 30.0 Å². The molecule has 1 aromatic heterocycles. The maximum atomic E-state index is 4.67. The Morgan fingerprint density at radius 3 is 2.65 bits per heavy atom. The van der Waals surface area contributed by atoms with E-state index in [0.717, 1.165) is 37.8 Å². The van der Waals surface area contributed by atoms with Crippen molar-refractivity contribution in [3.8, 4) is 0 Å². The van der Waals surface area contributed by atoms with Gasteiger partial charge in [-0.15, -0.1) is 35.3 Å². The molecule has 0 aliphatic carbocycles. The first-order valence-corrected chi connectivity index (χ1v) is 9.74. The molecule has 0 atom stereocenters. The van der Waals surface area contributed by atoms with Gasteiger partial charge < -0.3 is 15.5 Å². The highest BCUT2D eigenvalue weighted by atomic mass is 127. The molecule has 26 heavy (non-hydrogen) atoms. The summed E-state index contributed by atoms with van der Waals surface area (Å²) in [7, 11) is 0. The third kappa shape index (κ3) is 7.11. The van der Waals surface area contributed by atoms with Gasteiger partial charge in [0, 0.05) is 36.7 Å². The van der Waals surface area contributed by atoms with Crippen LogP contribution in [0.25, 0.3) is 0 Å². The number of thiazole rings is 1. The van der Waals surface area contributed by atoms with Gasteiger partial charge in [-0.25, -0.2) is 9.98 Å². The normalized spacial score (nSPS) is 11.0. The van der Waals surface area contributed by atoms with Crippen LogP contribution in [0.15, 0.2) is 34.8 Å². The molecule has 0 aliphatic heterocycles. The van der Waals surface area contributed by atoms with Gasteiger partial charge in [-0.1, -0.05) is 12.1 Å². The number of aromatic nitrogens is 1. The Balaban J connectivity index is 0.00000338. The van der Waals surface area contributed by atoms with Gasteiger partial charge >= 0.3 is 0 Å². The van der Waals surface area contributed by atoms with Crippen molar-refractivity contribution in [2.24, 2.45) is 4.99 Å². The third-order valence-electron chi connectivity index (χ3n) is 3.99. The smallest absolute Gasteiger partial charge is 0.191 e. The van der Waals surface area contributed by atoms with Gasteiger partial charge in [0.05, 0.1) is 17.7 Å². The lowest BCUT2D eigenvalue weighted by Crippen LogP contribution is -2.41. The molecule has 2 rings (SSSR count). The molecule has 0 amide bonds. The van der Waals surface area contributed by atoms with Crippen LogP contribution in [0.5, 0.6) is 0 Å². The van der Waals surface area contributed by atoms with Crippen LogP contribution in [0.4, 0.5) is 5.69 Å². The summed E-state index contributed by atoms with van der Waals surface area (Å²) in [5.41, 5.74) is 5.51. The van der Waals surface area contributed by atoms with E-state index in [9.17, 15) is 0 Å². The molecule has 0 radical (unpaired) electrons. The van der Waals surface area contributed by atoms with Gasteiger partial charge in [0.2, 0.25) is 0 Å². The molecule has 0 saturated carbocycles. The second-order valence-electron chi connectivity index (χ2n) is 5.90. The second-order valence-corrected chi connectivity index (χ2v) is 6.84. The number of anilines is 1. The molecule has 0 aliphatic rings. The monoisotopic (exact) mass is 487 g/mol. The number of halogens is 1. The molecule has 0 fully saturated rings. The topological polar surface area (TPSA) is 52.6 Å². The molecular weight excluding hydrogens is 457 g/mol. The van der Waals surface area contributed by atoms with Crippen LogP contribution >= 0.6 is 35.3 Å². The van der Waals surface area contributed by atoms with Gasteiger partial charge in [0.15, 0.2) is 5.96 Å². The Morgan fingerprint density at radius 1 is 1.23 bits per heavy atom. The maximum Gasteiger partial charge on any atom is 0.191 e. The minimum Gasteiger partial charge on any atom is -0.370 e. The van der Waals surface area contributed by atoms with Crippen LogP contribution in [-0.2, 0) is 6.54 Å². The van der Waals surface area contributed by atoms with E-state index in [-0.39, 0.29) is 24.0 Å². The van der Waals surface area contributed by atoms with Gasteiger partial charge in [-0.05, 0) is 45.4 Å². The fraction of sp³-hybridized carbons (Fsp3) is 0.474. The van der Waals surface area contributed by atoms with Crippen LogP contribution in [0.2, 0.25) is 0 Å². The number of benzene rings is 1. The average Bonchev–Trinajstić information content (AvgIpc) is 3.01. The van der Waals surface area contributed by atoms with E-state index in [4.69, 9.17) is 0 Å². The lowest BCUT2D eigenvalue weighted by molar-refractivity contribution is 0.751. The predicted octanol–water partition coefficient (Wildman–Crippen LogP) is 3.96. The Hall–Kier alpha value is -1.35. The molecule has 2 aromatic rings. The number of guanidine groups is 1. The van der Waals surface area contributed by atoms with E-state index in [1.54, 1.807) is 11.3 Å². The fourth-order valence-electron chi connectivity index (χ4n) is 2.57. The van der Waals surface area contributed by atoms with Crippen molar-refractivity contribution in [3.63, 3.8) is 0 Å². The van der Waals surface area contributed by atoms with Crippen LogP contribution < -0.4 is 15.5 Å². The zero-order valence-electron chi connectivity index (χ0n) is 16.1. The van der Waals surface area contributed by atoms with E-state index in [1.165, 1.54) is 16.1 Å². The summed E-state index contributed by atoms with van der Waals surface area (Å²) in [6.45, 7) is 12.7. The minimum atomic E-state index is 0. The predicted molar refractivity (Wildman–Crippen MR) is 124 cm³/mol. The number of aryl methyl sites for hydroxylation is 2. The highest BCUT2D eigenvalue weighted by Crippen LogP contribution is 2.15. The van der Waals surface area contributed by atoms with Crippen molar-refractivity contribution in [2.45, 2.75) is 34.2 Å². The van der Waals surface area contributed by atoms with Crippen molar-refractivity contribution in [3.05, 3.63) is 45.9 Å². The number of hydrogen-bond donors (Lipinski definition) is 2. The van der Waals surface area contributed by atoms with Gasteiger partial charge in [-0.3, -0.25) is 0 Å². The van der Waals surface area contributed by atoms with Crippen LogP contribution in [0.3, 0.4) is 0 Å². The SMILES string of the molecule is CCNC(=NCc1scnc1C)NCCN(CC)c1cccc(C)c1.I. The van der Waals surface area contributed by atoms with E-state index < -0.39 is 0 Å². The Labute approximate surface area is 178 Å². The number of hydrogen-bond acceptors (Lipinski definition) is 4. The quantitative estimate of drug-likeness (QED) is 0.336. The molecule has 2 N–H and O–H groups in total. The number of likely N-dealkylation sites (N-methyl/N-ethyl adjacent to an activating group) is 1. The Bertz CT molecular complexity index is 686. The molecule has 5 nitrogen and oxygen atoms in total. The summed E-state index contributed by atoms with van der Waals surface area (Å²) < 4.78 is 0. The van der Waals surface area contributed by atoms with Crippen molar-refractivity contribution < 1.29 is 0 Å².